The molecule has 1 atom stereocenters. The number of halogens is 3. The fourth-order valence-corrected chi connectivity index (χ4v) is 3.10. The summed E-state index contributed by atoms with van der Waals surface area (Å²) in [5.74, 6) is -1.53. The van der Waals surface area contributed by atoms with E-state index in [1.165, 1.54) is 47.2 Å². The fraction of sp³-hybridized carbons (Fsp3) is 0.263. The first-order chi connectivity index (χ1) is 12.6. The molecular formula is C19H17F3N2O2. The quantitative estimate of drug-likeness (QED) is 0.773. The first-order valence-electron chi connectivity index (χ1n) is 8.33. The van der Waals surface area contributed by atoms with Crippen molar-refractivity contribution < 1.29 is 22.6 Å². The Morgan fingerprint density at radius 3 is 2.69 bits per heavy atom. The lowest BCUT2D eigenvalue weighted by molar-refractivity contribution is 0.000491. The standard InChI is InChI=1S/C19H17F3N2O2/c20-12-4-5-17-14(8-12)18(26-11-13-9-23-6-7-25-13)10-24(17)19-15(21)2-1-3-16(19)22/h1-5,8,10,13,23H,6-7,9,11H2/t13-/m0/s1. The zero-order chi connectivity index (χ0) is 18.1. The molecular weight excluding hydrogens is 345 g/mol. The SMILES string of the molecule is Fc1ccc2c(c1)c(OC[C@@H]1CNCCO1)cn2-c1c(F)cccc1F. The highest BCUT2D eigenvalue weighted by Gasteiger charge is 2.19. The van der Waals surface area contributed by atoms with E-state index < -0.39 is 17.5 Å². The van der Waals surface area contributed by atoms with Gasteiger partial charge in [-0.3, -0.25) is 0 Å². The minimum Gasteiger partial charge on any atom is -0.489 e. The van der Waals surface area contributed by atoms with Gasteiger partial charge in [-0.25, -0.2) is 13.2 Å². The summed E-state index contributed by atoms with van der Waals surface area (Å²) in [5.41, 5.74) is 0.225. The van der Waals surface area contributed by atoms with Crippen LogP contribution in [0.5, 0.6) is 5.75 Å². The van der Waals surface area contributed by atoms with Crippen LogP contribution in [-0.2, 0) is 4.74 Å². The first-order valence-corrected chi connectivity index (χ1v) is 8.33. The van der Waals surface area contributed by atoms with Crippen LogP contribution in [0.3, 0.4) is 0 Å². The molecule has 0 saturated carbocycles. The Morgan fingerprint density at radius 1 is 1.15 bits per heavy atom. The van der Waals surface area contributed by atoms with Crippen molar-refractivity contribution in [2.75, 3.05) is 26.3 Å². The van der Waals surface area contributed by atoms with Gasteiger partial charge in [0.15, 0.2) is 0 Å². The number of nitrogens with zero attached hydrogens (tertiary/aromatic N) is 1. The Kier molecular flexibility index (Phi) is 4.57. The lowest BCUT2D eigenvalue weighted by Crippen LogP contribution is -2.41. The molecule has 0 radical (unpaired) electrons. The number of hydrogen-bond donors (Lipinski definition) is 1. The fourth-order valence-electron chi connectivity index (χ4n) is 3.10. The molecule has 0 amide bonds. The molecule has 0 bridgehead atoms. The summed E-state index contributed by atoms with van der Waals surface area (Å²) in [6, 6.07) is 7.66. The Labute approximate surface area is 148 Å². The molecule has 1 saturated heterocycles. The minimum absolute atomic E-state index is 0.138. The van der Waals surface area contributed by atoms with Crippen molar-refractivity contribution >= 4 is 10.9 Å². The molecule has 4 nitrogen and oxygen atoms in total. The zero-order valence-electron chi connectivity index (χ0n) is 13.8. The molecule has 1 aliphatic heterocycles. The van der Waals surface area contributed by atoms with Crippen molar-refractivity contribution in [3.8, 4) is 11.4 Å². The molecule has 0 unspecified atom stereocenters. The second-order valence-electron chi connectivity index (χ2n) is 6.10. The minimum atomic E-state index is -0.711. The third kappa shape index (κ3) is 3.15. The van der Waals surface area contributed by atoms with E-state index in [2.05, 4.69) is 5.32 Å². The van der Waals surface area contributed by atoms with Crippen molar-refractivity contribution in [2.45, 2.75) is 6.10 Å². The van der Waals surface area contributed by atoms with Gasteiger partial charge in [0.25, 0.3) is 0 Å². The van der Waals surface area contributed by atoms with Crippen molar-refractivity contribution in [2.24, 2.45) is 0 Å². The predicted octanol–water partition coefficient (Wildman–Crippen LogP) is 3.42. The van der Waals surface area contributed by atoms with Crippen LogP contribution in [0, 0.1) is 17.5 Å². The molecule has 0 aliphatic carbocycles. The van der Waals surface area contributed by atoms with E-state index in [0.29, 0.717) is 29.8 Å². The van der Waals surface area contributed by atoms with Gasteiger partial charge in [0.05, 0.1) is 18.3 Å². The van der Waals surface area contributed by atoms with Gasteiger partial charge < -0.3 is 19.4 Å². The molecule has 26 heavy (non-hydrogen) atoms. The maximum atomic E-state index is 14.2. The second kappa shape index (κ2) is 7.01. The average molecular weight is 362 g/mol. The number of ether oxygens (including phenoxy) is 2. The van der Waals surface area contributed by atoms with Crippen LogP contribution >= 0.6 is 0 Å². The van der Waals surface area contributed by atoms with Crippen LogP contribution in [-0.4, -0.2) is 37.0 Å². The van der Waals surface area contributed by atoms with E-state index in [-0.39, 0.29) is 18.4 Å². The average Bonchev–Trinajstić information content (AvgIpc) is 2.98. The van der Waals surface area contributed by atoms with Crippen LogP contribution in [0.4, 0.5) is 13.2 Å². The molecule has 4 rings (SSSR count). The van der Waals surface area contributed by atoms with Gasteiger partial charge >= 0.3 is 0 Å². The lowest BCUT2D eigenvalue weighted by Gasteiger charge is -2.23. The van der Waals surface area contributed by atoms with Crippen LogP contribution < -0.4 is 10.1 Å². The number of benzene rings is 2. The zero-order valence-corrected chi connectivity index (χ0v) is 13.8. The van der Waals surface area contributed by atoms with Crippen molar-refractivity contribution in [1.82, 2.24) is 9.88 Å². The molecule has 7 heteroatoms. The van der Waals surface area contributed by atoms with E-state index >= 15 is 0 Å². The van der Waals surface area contributed by atoms with Crippen molar-refractivity contribution in [3.63, 3.8) is 0 Å². The molecule has 1 aliphatic rings. The number of morpholine rings is 1. The van der Waals surface area contributed by atoms with E-state index in [9.17, 15) is 13.2 Å². The van der Waals surface area contributed by atoms with Gasteiger partial charge in [-0.05, 0) is 30.3 Å². The van der Waals surface area contributed by atoms with Crippen molar-refractivity contribution in [3.05, 3.63) is 60.0 Å². The van der Waals surface area contributed by atoms with Crippen LogP contribution in [0.1, 0.15) is 0 Å². The number of hydrogen-bond acceptors (Lipinski definition) is 3. The summed E-state index contributed by atoms with van der Waals surface area (Å²) < 4.78 is 54.9. The number of para-hydroxylation sites is 1. The largest absolute Gasteiger partial charge is 0.489 e. The highest BCUT2D eigenvalue weighted by molar-refractivity contribution is 5.88. The molecule has 1 aromatic heterocycles. The molecule has 136 valence electrons. The topological polar surface area (TPSA) is 35.4 Å². The maximum absolute atomic E-state index is 14.2. The molecule has 2 heterocycles. The van der Waals surface area contributed by atoms with Crippen LogP contribution in [0.25, 0.3) is 16.6 Å². The molecule has 0 spiro atoms. The summed E-state index contributed by atoms with van der Waals surface area (Å²) in [7, 11) is 0. The molecule has 3 aromatic rings. The number of rotatable bonds is 4. The summed E-state index contributed by atoms with van der Waals surface area (Å²) in [5, 5.41) is 3.64. The number of fused-ring (bicyclic) bond motifs is 1. The van der Waals surface area contributed by atoms with E-state index in [1.54, 1.807) is 0 Å². The number of aromatic nitrogens is 1. The smallest absolute Gasteiger partial charge is 0.150 e. The van der Waals surface area contributed by atoms with E-state index in [1.807, 2.05) is 0 Å². The van der Waals surface area contributed by atoms with Gasteiger partial charge in [0, 0.05) is 18.5 Å². The third-order valence-corrected chi connectivity index (χ3v) is 4.34. The van der Waals surface area contributed by atoms with E-state index in [4.69, 9.17) is 9.47 Å². The lowest BCUT2D eigenvalue weighted by atomic mass is 10.2. The highest BCUT2D eigenvalue weighted by Crippen LogP contribution is 2.33. The Morgan fingerprint density at radius 2 is 1.96 bits per heavy atom. The number of nitrogens with one attached hydrogen (secondary N) is 1. The summed E-state index contributed by atoms with van der Waals surface area (Å²) >= 11 is 0. The molecule has 1 N–H and O–H groups in total. The molecule has 2 aromatic carbocycles. The van der Waals surface area contributed by atoms with Gasteiger partial charge in [-0.1, -0.05) is 6.07 Å². The van der Waals surface area contributed by atoms with E-state index in [0.717, 1.165) is 6.54 Å². The Bertz CT molecular complexity index is 916. The monoisotopic (exact) mass is 362 g/mol. The second-order valence-corrected chi connectivity index (χ2v) is 6.10. The Balaban J connectivity index is 1.75. The van der Waals surface area contributed by atoms with Gasteiger partial charge in [-0.2, -0.15) is 0 Å². The summed E-state index contributed by atoms with van der Waals surface area (Å²) in [6.07, 6.45) is 1.34. The predicted molar refractivity (Wildman–Crippen MR) is 91.3 cm³/mol. The summed E-state index contributed by atoms with van der Waals surface area (Å²) in [6.45, 7) is 2.27. The van der Waals surface area contributed by atoms with Crippen LogP contribution in [0.2, 0.25) is 0 Å². The summed E-state index contributed by atoms with van der Waals surface area (Å²) in [4.78, 5) is 0. The maximum Gasteiger partial charge on any atom is 0.150 e. The third-order valence-electron chi connectivity index (χ3n) is 4.34. The van der Waals surface area contributed by atoms with Gasteiger partial charge in [-0.15, -0.1) is 0 Å². The van der Waals surface area contributed by atoms with Gasteiger partial charge in [0.1, 0.15) is 41.6 Å². The van der Waals surface area contributed by atoms with Gasteiger partial charge in [0.2, 0.25) is 0 Å². The molecule has 1 fully saturated rings. The van der Waals surface area contributed by atoms with Crippen molar-refractivity contribution in [1.29, 1.82) is 0 Å². The van der Waals surface area contributed by atoms with Crippen LogP contribution in [0.15, 0.2) is 42.6 Å². The Hall–Kier alpha value is -2.51. The highest BCUT2D eigenvalue weighted by atomic mass is 19.1. The normalized spacial score (nSPS) is 17.6. The first kappa shape index (κ1) is 16.9.